The lowest BCUT2D eigenvalue weighted by atomic mass is 9.96. The molecule has 0 bridgehead atoms. The number of benzene rings is 1. The van der Waals surface area contributed by atoms with Crippen LogP contribution < -0.4 is 4.90 Å². The van der Waals surface area contributed by atoms with Crippen LogP contribution in [-0.2, 0) is 16.0 Å². The number of ether oxygens (including phenoxy) is 1. The number of fused-ring (bicyclic) bond motifs is 1. The average Bonchev–Trinajstić information content (AvgIpc) is 3.06. The zero-order valence-corrected chi connectivity index (χ0v) is 14.3. The Bertz CT molecular complexity index is 594. The number of alkyl halides is 1. The van der Waals surface area contributed by atoms with Crippen LogP contribution >= 0.6 is 15.9 Å². The minimum atomic E-state index is -0.296. The molecule has 0 spiro atoms. The Labute approximate surface area is 138 Å². The molecule has 1 saturated heterocycles. The second-order valence-corrected chi connectivity index (χ2v) is 7.29. The van der Waals surface area contributed by atoms with Crippen LogP contribution in [0.15, 0.2) is 18.2 Å². The van der Waals surface area contributed by atoms with E-state index in [2.05, 4.69) is 15.9 Å². The van der Waals surface area contributed by atoms with E-state index in [-0.39, 0.29) is 22.6 Å². The number of nitrogens with zero attached hydrogens (tertiary/aromatic N) is 1. The van der Waals surface area contributed by atoms with E-state index < -0.39 is 0 Å². The maximum Gasteiger partial charge on any atom is 0.256 e. The summed E-state index contributed by atoms with van der Waals surface area (Å²) in [4.78, 5) is 26.4. The Morgan fingerprint density at radius 3 is 2.86 bits per heavy atom. The number of hydrogen-bond acceptors (Lipinski definition) is 3. The van der Waals surface area contributed by atoms with Crippen molar-refractivity contribution in [1.82, 2.24) is 0 Å². The monoisotopic (exact) mass is 365 g/mol. The molecule has 2 aliphatic heterocycles. The average molecular weight is 366 g/mol. The van der Waals surface area contributed by atoms with Crippen molar-refractivity contribution in [3.8, 4) is 0 Å². The summed E-state index contributed by atoms with van der Waals surface area (Å²) < 4.78 is 5.52. The minimum absolute atomic E-state index is 0.0615. The number of aryl methyl sites for hydroxylation is 1. The highest BCUT2D eigenvalue weighted by atomic mass is 79.9. The summed E-state index contributed by atoms with van der Waals surface area (Å²) >= 11 is 3.32. The van der Waals surface area contributed by atoms with Crippen LogP contribution in [0, 0.1) is 0 Å². The van der Waals surface area contributed by atoms with Gasteiger partial charge in [-0.25, -0.2) is 0 Å². The Balaban J connectivity index is 1.87. The Kier molecular flexibility index (Phi) is 4.64. The Morgan fingerprint density at radius 2 is 2.18 bits per heavy atom. The summed E-state index contributed by atoms with van der Waals surface area (Å²) in [6, 6.07) is 5.66. The van der Waals surface area contributed by atoms with Gasteiger partial charge in [0.2, 0.25) is 0 Å². The standard InChI is InChI=1S/C17H20BrNO3/c1-11(18)16(20)13-6-7-14-12(10-13)4-2-8-19(14)17(21)15-5-3-9-22-15/h6-7,10-11,15H,2-5,8-9H2,1H3. The van der Waals surface area contributed by atoms with E-state index >= 15 is 0 Å². The van der Waals surface area contributed by atoms with Gasteiger partial charge in [-0.1, -0.05) is 15.9 Å². The zero-order chi connectivity index (χ0) is 15.7. The van der Waals surface area contributed by atoms with E-state index in [0.717, 1.165) is 43.5 Å². The molecule has 2 unspecified atom stereocenters. The molecule has 2 heterocycles. The van der Waals surface area contributed by atoms with Crippen molar-refractivity contribution in [3.05, 3.63) is 29.3 Å². The van der Waals surface area contributed by atoms with Crippen LogP contribution in [0.1, 0.15) is 42.1 Å². The van der Waals surface area contributed by atoms with Gasteiger partial charge in [-0.15, -0.1) is 0 Å². The van der Waals surface area contributed by atoms with Crippen LogP contribution in [0.3, 0.4) is 0 Å². The molecule has 118 valence electrons. The molecule has 1 aromatic rings. The summed E-state index contributed by atoms with van der Waals surface area (Å²) in [5, 5.41) is 0. The fourth-order valence-corrected chi connectivity index (χ4v) is 3.42. The third-order valence-corrected chi connectivity index (χ3v) is 4.73. The van der Waals surface area contributed by atoms with Crippen molar-refractivity contribution in [1.29, 1.82) is 0 Å². The second-order valence-electron chi connectivity index (χ2n) is 5.92. The highest BCUT2D eigenvalue weighted by Gasteiger charge is 2.31. The summed E-state index contributed by atoms with van der Waals surface area (Å²) in [6.45, 7) is 3.23. The van der Waals surface area contributed by atoms with Crippen molar-refractivity contribution >= 4 is 33.3 Å². The fourth-order valence-electron chi connectivity index (χ4n) is 3.16. The molecular formula is C17H20BrNO3. The highest BCUT2D eigenvalue weighted by molar-refractivity contribution is 9.10. The molecule has 0 aromatic heterocycles. The summed E-state index contributed by atoms with van der Waals surface area (Å²) in [7, 11) is 0. The van der Waals surface area contributed by atoms with E-state index in [1.165, 1.54) is 0 Å². The number of amides is 1. The molecule has 22 heavy (non-hydrogen) atoms. The van der Waals surface area contributed by atoms with Crippen molar-refractivity contribution < 1.29 is 14.3 Å². The van der Waals surface area contributed by atoms with E-state index in [1.54, 1.807) is 0 Å². The van der Waals surface area contributed by atoms with Gasteiger partial charge in [0.25, 0.3) is 5.91 Å². The first-order valence-electron chi connectivity index (χ1n) is 7.82. The number of Topliss-reactive ketones (excluding diaryl/α,β-unsaturated/α-hetero) is 1. The Morgan fingerprint density at radius 1 is 1.36 bits per heavy atom. The molecular weight excluding hydrogens is 346 g/mol. The van der Waals surface area contributed by atoms with Gasteiger partial charge in [-0.2, -0.15) is 0 Å². The number of halogens is 1. The molecule has 4 nitrogen and oxygen atoms in total. The number of anilines is 1. The smallest absolute Gasteiger partial charge is 0.256 e. The second kappa shape index (κ2) is 6.50. The zero-order valence-electron chi connectivity index (χ0n) is 12.7. The maximum absolute atomic E-state index is 12.6. The summed E-state index contributed by atoms with van der Waals surface area (Å²) in [5.41, 5.74) is 2.72. The molecule has 2 aliphatic rings. The van der Waals surface area contributed by atoms with Gasteiger partial charge in [0, 0.05) is 24.4 Å². The first kappa shape index (κ1) is 15.7. The number of carbonyl (C=O) groups is 2. The van der Waals surface area contributed by atoms with E-state index in [4.69, 9.17) is 4.74 Å². The predicted molar refractivity (Wildman–Crippen MR) is 88.8 cm³/mol. The molecule has 3 rings (SSSR count). The molecule has 0 N–H and O–H groups in total. The predicted octanol–water partition coefficient (Wildman–Crippen LogP) is 3.11. The Hall–Kier alpha value is -1.20. The van der Waals surface area contributed by atoms with Crippen LogP contribution in [-0.4, -0.2) is 35.8 Å². The van der Waals surface area contributed by atoms with Gasteiger partial charge < -0.3 is 9.64 Å². The van der Waals surface area contributed by atoms with Crippen LogP contribution in [0.2, 0.25) is 0 Å². The number of ketones is 1. The molecule has 5 heteroatoms. The van der Waals surface area contributed by atoms with Crippen molar-refractivity contribution in [2.45, 2.75) is 43.5 Å². The normalized spacial score (nSPS) is 22.3. The van der Waals surface area contributed by atoms with E-state index in [1.807, 2.05) is 30.0 Å². The largest absolute Gasteiger partial charge is 0.368 e. The SMILES string of the molecule is CC(Br)C(=O)c1ccc2c(c1)CCCN2C(=O)C1CCCO1. The van der Waals surface area contributed by atoms with Crippen molar-refractivity contribution in [2.75, 3.05) is 18.1 Å². The lowest BCUT2D eigenvalue weighted by Gasteiger charge is -2.31. The molecule has 0 radical (unpaired) electrons. The van der Waals surface area contributed by atoms with Gasteiger partial charge in [0.15, 0.2) is 5.78 Å². The highest BCUT2D eigenvalue weighted by Crippen LogP contribution is 2.30. The van der Waals surface area contributed by atoms with Crippen molar-refractivity contribution in [3.63, 3.8) is 0 Å². The third-order valence-electron chi connectivity index (χ3n) is 4.32. The van der Waals surface area contributed by atoms with Crippen LogP contribution in [0.5, 0.6) is 0 Å². The molecule has 1 fully saturated rings. The lowest BCUT2D eigenvalue weighted by molar-refractivity contribution is -0.127. The third kappa shape index (κ3) is 2.97. The van der Waals surface area contributed by atoms with Crippen LogP contribution in [0.25, 0.3) is 0 Å². The van der Waals surface area contributed by atoms with E-state index in [9.17, 15) is 9.59 Å². The number of rotatable bonds is 3. The van der Waals surface area contributed by atoms with Gasteiger partial charge in [-0.05, 0) is 56.4 Å². The molecule has 1 amide bonds. The first-order valence-corrected chi connectivity index (χ1v) is 8.73. The van der Waals surface area contributed by atoms with Gasteiger partial charge >= 0.3 is 0 Å². The molecule has 0 aliphatic carbocycles. The van der Waals surface area contributed by atoms with E-state index in [0.29, 0.717) is 12.2 Å². The minimum Gasteiger partial charge on any atom is -0.368 e. The summed E-state index contributed by atoms with van der Waals surface area (Å²) in [5.74, 6) is 0.136. The fraction of sp³-hybridized carbons (Fsp3) is 0.529. The van der Waals surface area contributed by atoms with Gasteiger partial charge in [-0.3, -0.25) is 9.59 Å². The summed E-state index contributed by atoms with van der Waals surface area (Å²) in [6.07, 6.45) is 3.29. The number of carbonyl (C=O) groups excluding carboxylic acids is 2. The lowest BCUT2D eigenvalue weighted by Crippen LogP contribution is -2.42. The first-order chi connectivity index (χ1) is 10.6. The quantitative estimate of drug-likeness (QED) is 0.610. The topological polar surface area (TPSA) is 46.6 Å². The maximum atomic E-state index is 12.6. The molecule has 1 aromatic carbocycles. The number of hydrogen-bond donors (Lipinski definition) is 0. The van der Waals surface area contributed by atoms with Crippen LogP contribution in [0.4, 0.5) is 5.69 Å². The van der Waals surface area contributed by atoms with Gasteiger partial charge in [0.05, 0.1) is 4.83 Å². The van der Waals surface area contributed by atoms with Crippen molar-refractivity contribution in [2.24, 2.45) is 0 Å². The molecule has 2 atom stereocenters. The van der Waals surface area contributed by atoms with Gasteiger partial charge in [0.1, 0.15) is 6.10 Å². The molecule has 0 saturated carbocycles.